The van der Waals surface area contributed by atoms with Crippen LogP contribution in [0.2, 0.25) is 5.02 Å². The number of benzene rings is 2. The summed E-state index contributed by atoms with van der Waals surface area (Å²) >= 11 is 5.69. The van der Waals surface area contributed by atoms with Crippen LogP contribution in [0.25, 0.3) is 10.9 Å². The fourth-order valence-electron chi connectivity index (χ4n) is 4.42. The molecule has 0 bridgehead atoms. The molecule has 7 nitrogen and oxygen atoms in total. The van der Waals surface area contributed by atoms with Crippen molar-refractivity contribution in [3.05, 3.63) is 53.1 Å². The lowest BCUT2D eigenvalue weighted by Gasteiger charge is -2.29. The van der Waals surface area contributed by atoms with Gasteiger partial charge >= 0.3 is 12.2 Å². The van der Waals surface area contributed by atoms with Crippen molar-refractivity contribution in [3.63, 3.8) is 0 Å². The molecule has 2 aromatic carbocycles. The molecule has 1 aliphatic rings. The molecule has 3 N–H and O–H groups in total. The van der Waals surface area contributed by atoms with Gasteiger partial charge in [-0.25, -0.2) is 9.78 Å². The third-order valence-corrected chi connectivity index (χ3v) is 6.51. The van der Waals surface area contributed by atoms with Crippen LogP contribution in [0.15, 0.2) is 42.5 Å². The first-order valence-electron chi connectivity index (χ1n) is 11.7. The number of anilines is 3. The molecular formula is C25H28ClF3N6O. The Kier molecular flexibility index (Phi) is 7.73. The molecule has 2 amide bonds. The second kappa shape index (κ2) is 10.8. The fraction of sp³-hybridized carbons (Fsp3) is 0.400. The standard InChI is InChI=1S/C25H28ClF3N6O/c1-35(2)22-18-5-3-4-6-20(18)32-23(34-22)31-17-10-7-15(8-11-17)14-30-24(36)33-21-12-9-16(26)13-19(21)25(27,28)29/h3-6,9,12-13,15,17H,7-8,10-11,14H2,1-2H3,(H2,30,33,36)(H,31,32,34). The molecule has 0 saturated heterocycles. The molecule has 11 heteroatoms. The van der Waals surface area contributed by atoms with Crippen LogP contribution in [-0.4, -0.2) is 42.7 Å². The van der Waals surface area contributed by atoms with E-state index < -0.39 is 17.8 Å². The molecular weight excluding hydrogens is 493 g/mol. The highest BCUT2D eigenvalue weighted by atomic mass is 35.5. The predicted octanol–water partition coefficient (Wildman–Crippen LogP) is 6.16. The van der Waals surface area contributed by atoms with Crippen LogP contribution in [0.1, 0.15) is 31.2 Å². The summed E-state index contributed by atoms with van der Waals surface area (Å²) in [5.41, 5.74) is -0.438. The van der Waals surface area contributed by atoms with E-state index in [-0.39, 0.29) is 22.7 Å². The minimum atomic E-state index is -4.62. The summed E-state index contributed by atoms with van der Waals surface area (Å²) in [6.07, 6.45) is -1.16. The number of hydrogen-bond donors (Lipinski definition) is 3. The van der Waals surface area contributed by atoms with Gasteiger partial charge in [0.05, 0.1) is 16.8 Å². The molecule has 0 aliphatic heterocycles. The van der Waals surface area contributed by atoms with Gasteiger partial charge in [-0.15, -0.1) is 0 Å². The quantitative estimate of drug-likeness (QED) is 0.362. The Bertz CT molecular complexity index is 1230. The highest BCUT2D eigenvalue weighted by molar-refractivity contribution is 6.30. The number of rotatable bonds is 6. The zero-order valence-electron chi connectivity index (χ0n) is 20.0. The molecule has 0 radical (unpaired) electrons. The summed E-state index contributed by atoms with van der Waals surface area (Å²) < 4.78 is 39.7. The second-order valence-corrected chi connectivity index (χ2v) is 9.60. The summed E-state index contributed by atoms with van der Waals surface area (Å²) in [5, 5.41) is 9.37. The van der Waals surface area contributed by atoms with Crippen molar-refractivity contribution >= 4 is 46.0 Å². The number of nitrogens with one attached hydrogen (secondary N) is 3. The number of para-hydroxylation sites is 1. The number of carbonyl (C=O) groups is 1. The molecule has 0 atom stereocenters. The first-order valence-corrected chi connectivity index (χ1v) is 12.1. The number of fused-ring (bicyclic) bond motifs is 1. The molecule has 4 rings (SSSR count). The molecule has 1 heterocycles. The lowest BCUT2D eigenvalue weighted by atomic mass is 9.86. The van der Waals surface area contributed by atoms with E-state index in [9.17, 15) is 18.0 Å². The first-order chi connectivity index (χ1) is 17.1. The normalized spacial score (nSPS) is 18.1. The maximum Gasteiger partial charge on any atom is 0.418 e. The van der Waals surface area contributed by atoms with E-state index in [1.807, 2.05) is 43.3 Å². The summed E-state index contributed by atoms with van der Waals surface area (Å²) in [4.78, 5) is 23.6. The van der Waals surface area contributed by atoms with E-state index in [1.54, 1.807) is 0 Å². The van der Waals surface area contributed by atoms with Crippen molar-refractivity contribution in [2.75, 3.05) is 36.2 Å². The Morgan fingerprint density at radius 2 is 1.81 bits per heavy atom. The lowest BCUT2D eigenvalue weighted by molar-refractivity contribution is -0.136. The molecule has 1 fully saturated rings. The molecule has 0 spiro atoms. The summed E-state index contributed by atoms with van der Waals surface area (Å²) in [6.45, 7) is 0.380. The molecule has 1 aliphatic carbocycles. The number of alkyl halides is 3. The van der Waals surface area contributed by atoms with Crippen molar-refractivity contribution < 1.29 is 18.0 Å². The average Bonchev–Trinajstić information content (AvgIpc) is 2.83. The number of aromatic nitrogens is 2. The maximum atomic E-state index is 13.2. The number of hydrogen-bond acceptors (Lipinski definition) is 5. The van der Waals surface area contributed by atoms with Crippen LogP contribution in [0.3, 0.4) is 0 Å². The van der Waals surface area contributed by atoms with E-state index in [2.05, 4.69) is 20.9 Å². The van der Waals surface area contributed by atoms with E-state index in [0.29, 0.717) is 12.5 Å². The van der Waals surface area contributed by atoms with Crippen molar-refractivity contribution in [1.82, 2.24) is 15.3 Å². The van der Waals surface area contributed by atoms with E-state index in [1.165, 1.54) is 6.07 Å². The summed E-state index contributed by atoms with van der Waals surface area (Å²) in [6, 6.07) is 10.7. The third-order valence-electron chi connectivity index (χ3n) is 6.27. The number of amides is 2. The van der Waals surface area contributed by atoms with Crippen LogP contribution < -0.4 is 20.9 Å². The lowest BCUT2D eigenvalue weighted by Crippen LogP contribution is -2.36. The van der Waals surface area contributed by atoms with Gasteiger partial charge in [0.25, 0.3) is 0 Å². The Balaban J connectivity index is 1.29. The smallest absolute Gasteiger partial charge is 0.362 e. The molecule has 0 unspecified atom stereocenters. The zero-order valence-corrected chi connectivity index (χ0v) is 20.7. The summed E-state index contributed by atoms with van der Waals surface area (Å²) in [5.74, 6) is 1.67. The Morgan fingerprint density at radius 1 is 1.08 bits per heavy atom. The number of urea groups is 1. The van der Waals surface area contributed by atoms with Crippen LogP contribution in [-0.2, 0) is 6.18 Å². The Hall–Kier alpha value is -3.27. The molecule has 36 heavy (non-hydrogen) atoms. The molecule has 3 aromatic rings. The van der Waals surface area contributed by atoms with Crippen molar-refractivity contribution in [3.8, 4) is 0 Å². The molecule has 1 aromatic heterocycles. The highest BCUT2D eigenvalue weighted by Gasteiger charge is 2.34. The van der Waals surface area contributed by atoms with Gasteiger partial charge in [0.1, 0.15) is 5.82 Å². The average molecular weight is 521 g/mol. The minimum Gasteiger partial charge on any atom is -0.362 e. The maximum absolute atomic E-state index is 13.2. The van der Waals surface area contributed by atoms with Gasteiger partial charge < -0.3 is 20.9 Å². The first kappa shape index (κ1) is 25.8. The number of nitrogens with zero attached hydrogens (tertiary/aromatic N) is 3. The van der Waals surface area contributed by atoms with Gasteiger partial charge in [0.2, 0.25) is 5.95 Å². The Labute approximate surface area is 212 Å². The number of carbonyl (C=O) groups excluding carboxylic acids is 1. The van der Waals surface area contributed by atoms with Crippen LogP contribution in [0, 0.1) is 5.92 Å². The van der Waals surface area contributed by atoms with Gasteiger partial charge in [-0.1, -0.05) is 23.7 Å². The molecule has 192 valence electrons. The third kappa shape index (κ3) is 6.29. The zero-order chi connectivity index (χ0) is 25.9. The Morgan fingerprint density at radius 3 is 2.50 bits per heavy atom. The second-order valence-electron chi connectivity index (χ2n) is 9.17. The topological polar surface area (TPSA) is 82.2 Å². The van der Waals surface area contributed by atoms with Crippen LogP contribution >= 0.6 is 11.6 Å². The van der Waals surface area contributed by atoms with Gasteiger partial charge in [-0.3, -0.25) is 0 Å². The van der Waals surface area contributed by atoms with Crippen LogP contribution in [0.5, 0.6) is 0 Å². The van der Waals surface area contributed by atoms with E-state index in [0.717, 1.165) is 54.5 Å². The van der Waals surface area contributed by atoms with E-state index in [4.69, 9.17) is 16.6 Å². The van der Waals surface area contributed by atoms with Crippen molar-refractivity contribution in [2.24, 2.45) is 5.92 Å². The molecule has 1 saturated carbocycles. The largest absolute Gasteiger partial charge is 0.418 e. The van der Waals surface area contributed by atoms with Gasteiger partial charge in [-0.05, 0) is 61.9 Å². The van der Waals surface area contributed by atoms with Gasteiger partial charge in [0, 0.05) is 37.1 Å². The van der Waals surface area contributed by atoms with Crippen molar-refractivity contribution in [2.45, 2.75) is 37.9 Å². The highest BCUT2D eigenvalue weighted by Crippen LogP contribution is 2.36. The SMILES string of the molecule is CN(C)c1nc(NC2CCC(CNC(=O)Nc3ccc(Cl)cc3C(F)(F)F)CC2)nc2ccccc12. The number of halogens is 4. The van der Waals surface area contributed by atoms with Crippen LogP contribution in [0.4, 0.5) is 35.4 Å². The monoisotopic (exact) mass is 520 g/mol. The summed E-state index contributed by atoms with van der Waals surface area (Å²) in [7, 11) is 3.90. The minimum absolute atomic E-state index is 0.0503. The van der Waals surface area contributed by atoms with Crippen molar-refractivity contribution in [1.29, 1.82) is 0 Å². The van der Waals surface area contributed by atoms with E-state index >= 15 is 0 Å². The predicted molar refractivity (Wildman–Crippen MR) is 137 cm³/mol. The fourth-order valence-corrected chi connectivity index (χ4v) is 4.59. The van der Waals surface area contributed by atoms with Gasteiger partial charge in [-0.2, -0.15) is 18.2 Å². The van der Waals surface area contributed by atoms with Gasteiger partial charge in [0.15, 0.2) is 0 Å².